The molecule has 0 aliphatic heterocycles. The van der Waals surface area contributed by atoms with Crippen molar-refractivity contribution in [3.05, 3.63) is 70.1 Å². The van der Waals surface area contributed by atoms with E-state index in [0.29, 0.717) is 33.5 Å². The van der Waals surface area contributed by atoms with E-state index in [0.717, 1.165) is 5.56 Å². The van der Waals surface area contributed by atoms with Crippen LogP contribution in [0.2, 0.25) is 5.02 Å². The summed E-state index contributed by atoms with van der Waals surface area (Å²) >= 11 is 6.10. The molecule has 0 saturated carbocycles. The van der Waals surface area contributed by atoms with Gasteiger partial charge < -0.3 is 19.3 Å². The van der Waals surface area contributed by atoms with E-state index < -0.39 is 5.91 Å². The number of aromatic nitrogens is 1. The maximum absolute atomic E-state index is 12.7. The van der Waals surface area contributed by atoms with Crippen molar-refractivity contribution in [2.24, 2.45) is 0 Å². The van der Waals surface area contributed by atoms with Gasteiger partial charge in [0.25, 0.3) is 5.91 Å². The van der Waals surface area contributed by atoms with Crippen LogP contribution in [0.4, 0.5) is 5.69 Å². The Morgan fingerprint density at radius 2 is 1.96 bits per heavy atom. The van der Waals surface area contributed by atoms with E-state index >= 15 is 0 Å². The van der Waals surface area contributed by atoms with Crippen LogP contribution in [0, 0.1) is 13.8 Å². The highest BCUT2D eigenvalue weighted by Gasteiger charge is 2.22. The molecule has 0 bridgehead atoms. The largest absolute Gasteiger partial charge is 0.495 e. The number of hydrogen-bond acceptors (Lipinski definition) is 5. The van der Waals surface area contributed by atoms with E-state index in [2.05, 4.69) is 10.5 Å². The molecule has 0 aliphatic carbocycles. The molecule has 1 heterocycles. The van der Waals surface area contributed by atoms with Crippen LogP contribution in [-0.2, 0) is 6.61 Å². The summed E-state index contributed by atoms with van der Waals surface area (Å²) in [6.45, 7) is 3.76. The quantitative estimate of drug-likeness (QED) is 0.659. The Kier molecular flexibility index (Phi) is 5.66. The van der Waals surface area contributed by atoms with Gasteiger partial charge in [0, 0.05) is 0 Å². The predicted octanol–water partition coefficient (Wildman–Crippen LogP) is 4.78. The predicted molar refractivity (Wildman–Crippen MR) is 103 cm³/mol. The molecule has 0 saturated heterocycles. The standard InChI is InChI=1S/C20H19ClN2O4/c1-12-8-9-18(25-3)16(10-12)22-20(24)19-14(13(2)27-23-19)11-26-17-7-5-4-6-15(17)21/h4-10H,11H2,1-3H3,(H,22,24). The number of methoxy groups -OCH3 is 1. The molecule has 0 radical (unpaired) electrons. The number of halogens is 1. The van der Waals surface area contributed by atoms with Crippen LogP contribution < -0.4 is 14.8 Å². The Morgan fingerprint density at radius 1 is 1.19 bits per heavy atom. The zero-order valence-corrected chi connectivity index (χ0v) is 16.0. The number of benzene rings is 2. The first-order valence-electron chi connectivity index (χ1n) is 8.28. The molecule has 0 aliphatic rings. The Bertz CT molecular complexity index is 968. The molecule has 140 valence electrons. The van der Waals surface area contributed by atoms with Gasteiger partial charge in [-0.25, -0.2) is 0 Å². The molecular formula is C20H19ClN2O4. The van der Waals surface area contributed by atoms with Crippen molar-refractivity contribution in [3.63, 3.8) is 0 Å². The molecule has 1 aromatic heterocycles. The first kappa shape index (κ1) is 18.8. The minimum absolute atomic E-state index is 0.104. The van der Waals surface area contributed by atoms with Gasteiger partial charge in [-0.2, -0.15) is 0 Å². The zero-order chi connectivity index (χ0) is 19.4. The van der Waals surface area contributed by atoms with Crippen LogP contribution in [0.15, 0.2) is 47.0 Å². The zero-order valence-electron chi connectivity index (χ0n) is 15.2. The molecule has 7 heteroatoms. The number of amides is 1. The normalized spacial score (nSPS) is 10.5. The number of carbonyl (C=O) groups is 1. The first-order chi connectivity index (χ1) is 13.0. The maximum atomic E-state index is 12.7. The Morgan fingerprint density at radius 3 is 2.70 bits per heavy atom. The van der Waals surface area contributed by atoms with Crippen LogP contribution in [0.25, 0.3) is 0 Å². The second-order valence-electron chi connectivity index (χ2n) is 5.94. The van der Waals surface area contributed by atoms with Gasteiger partial charge in [0.15, 0.2) is 5.69 Å². The lowest BCUT2D eigenvalue weighted by molar-refractivity contribution is 0.101. The van der Waals surface area contributed by atoms with E-state index in [-0.39, 0.29) is 12.3 Å². The van der Waals surface area contributed by atoms with E-state index in [4.69, 9.17) is 25.6 Å². The molecule has 6 nitrogen and oxygen atoms in total. The van der Waals surface area contributed by atoms with Gasteiger partial charge in [-0.05, 0) is 43.7 Å². The molecule has 1 amide bonds. The van der Waals surface area contributed by atoms with Crippen molar-refractivity contribution in [2.45, 2.75) is 20.5 Å². The monoisotopic (exact) mass is 386 g/mol. The van der Waals surface area contributed by atoms with E-state index in [1.165, 1.54) is 0 Å². The fourth-order valence-electron chi connectivity index (χ4n) is 2.55. The second kappa shape index (κ2) is 8.14. The van der Waals surface area contributed by atoms with Gasteiger partial charge in [-0.3, -0.25) is 4.79 Å². The van der Waals surface area contributed by atoms with Crippen molar-refractivity contribution >= 4 is 23.2 Å². The number of ether oxygens (including phenoxy) is 2. The lowest BCUT2D eigenvalue weighted by atomic mass is 10.1. The summed E-state index contributed by atoms with van der Waals surface area (Å²) in [4.78, 5) is 12.7. The summed E-state index contributed by atoms with van der Waals surface area (Å²) in [6, 6.07) is 12.6. The lowest BCUT2D eigenvalue weighted by Gasteiger charge is -2.11. The summed E-state index contributed by atoms with van der Waals surface area (Å²) in [5.41, 5.74) is 2.26. The average Bonchev–Trinajstić information content (AvgIpc) is 3.02. The molecular weight excluding hydrogens is 368 g/mol. The third-order valence-electron chi connectivity index (χ3n) is 4.01. The molecule has 0 fully saturated rings. The van der Waals surface area contributed by atoms with Crippen molar-refractivity contribution in [2.75, 3.05) is 12.4 Å². The topological polar surface area (TPSA) is 73.6 Å². The number of rotatable bonds is 6. The van der Waals surface area contributed by atoms with Gasteiger partial charge in [-0.1, -0.05) is 35.0 Å². The number of carbonyl (C=O) groups excluding carboxylic acids is 1. The number of para-hydroxylation sites is 1. The molecule has 0 unspecified atom stereocenters. The highest BCUT2D eigenvalue weighted by molar-refractivity contribution is 6.32. The number of nitrogens with one attached hydrogen (secondary N) is 1. The fourth-order valence-corrected chi connectivity index (χ4v) is 2.74. The van der Waals surface area contributed by atoms with Crippen molar-refractivity contribution in [3.8, 4) is 11.5 Å². The van der Waals surface area contributed by atoms with Crippen molar-refractivity contribution < 1.29 is 18.8 Å². The minimum atomic E-state index is -0.409. The number of anilines is 1. The highest BCUT2D eigenvalue weighted by Crippen LogP contribution is 2.28. The fraction of sp³-hybridized carbons (Fsp3) is 0.200. The Balaban J connectivity index is 1.80. The third-order valence-corrected chi connectivity index (χ3v) is 4.32. The van der Waals surface area contributed by atoms with Crippen LogP contribution in [0.1, 0.15) is 27.4 Å². The van der Waals surface area contributed by atoms with Gasteiger partial charge in [0.2, 0.25) is 0 Å². The maximum Gasteiger partial charge on any atom is 0.278 e. The number of aryl methyl sites for hydroxylation is 2. The van der Waals surface area contributed by atoms with E-state index in [9.17, 15) is 4.79 Å². The van der Waals surface area contributed by atoms with Crippen LogP contribution in [0.3, 0.4) is 0 Å². The molecule has 0 atom stereocenters. The van der Waals surface area contributed by atoms with E-state index in [1.54, 1.807) is 32.2 Å². The number of hydrogen-bond donors (Lipinski definition) is 1. The second-order valence-corrected chi connectivity index (χ2v) is 6.35. The van der Waals surface area contributed by atoms with Gasteiger partial charge in [0.1, 0.15) is 23.9 Å². The first-order valence-corrected chi connectivity index (χ1v) is 8.66. The Labute approximate surface area is 162 Å². The van der Waals surface area contributed by atoms with Gasteiger partial charge in [0.05, 0.1) is 23.4 Å². The van der Waals surface area contributed by atoms with Crippen LogP contribution in [0.5, 0.6) is 11.5 Å². The summed E-state index contributed by atoms with van der Waals surface area (Å²) in [5.74, 6) is 1.17. The SMILES string of the molecule is COc1ccc(C)cc1NC(=O)c1noc(C)c1COc1ccccc1Cl. The van der Waals surface area contributed by atoms with Gasteiger partial charge >= 0.3 is 0 Å². The van der Waals surface area contributed by atoms with Crippen LogP contribution >= 0.6 is 11.6 Å². The van der Waals surface area contributed by atoms with Gasteiger partial charge in [-0.15, -0.1) is 0 Å². The summed E-state index contributed by atoms with van der Waals surface area (Å²) in [5, 5.41) is 7.19. The average molecular weight is 387 g/mol. The third kappa shape index (κ3) is 4.23. The lowest BCUT2D eigenvalue weighted by Crippen LogP contribution is -2.16. The molecule has 3 rings (SSSR count). The molecule has 0 spiro atoms. The summed E-state index contributed by atoms with van der Waals surface area (Å²) in [6.07, 6.45) is 0. The highest BCUT2D eigenvalue weighted by atomic mass is 35.5. The summed E-state index contributed by atoms with van der Waals surface area (Å²) in [7, 11) is 1.55. The van der Waals surface area contributed by atoms with Crippen molar-refractivity contribution in [1.29, 1.82) is 0 Å². The van der Waals surface area contributed by atoms with E-state index in [1.807, 2.05) is 31.2 Å². The van der Waals surface area contributed by atoms with Crippen molar-refractivity contribution in [1.82, 2.24) is 5.16 Å². The Hall–Kier alpha value is -2.99. The minimum Gasteiger partial charge on any atom is -0.495 e. The number of nitrogens with zero attached hydrogens (tertiary/aromatic N) is 1. The molecule has 27 heavy (non-hydrogen) atoms. The smallest absolute Gasteiger partial charge is 0.278 e. The molecule has 3 aromatic rings. The molecule has 2 aromatic carbocycles. The van der Waals surface area contributed by atoms with Crippen LogP contribution in [-0.4, -0.2) is 18.2 Å². The molecule has 1 N–H and O–H groups in total. The summed E-state index contributed by atoms with van der Waals surface area (Å²) < 4.78 is 16.2.